The van der Waals surface area contributed by atoms with Crippen molar-refractivity contribution in [3.63, 3.8) is 0 Å². The molecule has 0 aromatic heterocycles. The molecule has 0 radical (unpaired) electrons. The van der Waals surface area contributed by atoms with E-state index in [4.69, 9.17) is 0 Å². The highest BCUT2D eigenvalue weighted by atomic mass is 35.5. The van der Waals surface area contributed by atoms with E-state index in [2.05, 4.69) is 19.2 Å². The van der Waals surface area contributed by atoms with E-state index in [1.54, 1.807) is 0 Å². The average molecular weight is 136 g/mol. The van der Waals surface area contributed by atoms with Gasteiger partial charge in [-0.25, -0.2) is 0 Å². The summed E-state index contributed by atoms with van der Waals surface area (Å²) < 4.78 is 0. The highest BCUT2D eigenvalue weighted by Crippen LogP contribution is 2.18. The molecule has 1 aliphatic carbocycles. The van der Waals surface area contributed by atoms with E-state index in [0.717, 1.165) is 6.04 Å². The number of halogens is 1. The van der Waals surface area contributed by atoms with Crippen LogP contribution in [0.1, 0.15) is 26.7 Å². The Balaban J connectivity index is 0.000000490. The molecule has 50 valence electrons. The Hall–Kier alpha value is 0.250. The molecular formula is C6H14ClN. The van der Waals surface area contributed by atoms with Gasteiger partial charge in [0.15, 0.2) is 0 Å². The second kappa shape index (κ2) is 3.31. The standard InChI is InChI=1S/C6H13N.ClH/c1-5(2)7-6-3-4-6;/h5-7H,3-4H2,1-2H3;1H. The third-order valence-corrected chi connectivity index (χ3v) is 1.15. The van der Waals surface area contributed by atoms with E-state index in [1.165, 1.54) is 12.8 Å². The minimum Gasteiger partial charge on any atom is -0.312 e. The van der Waals surface area contributed by atoms with Gasteiger partial charge in [0.05, 0.1) is 0 Å². The average Bonchev–Trinajstić information content (AvgIpc) is 2.17. The highest BCUT2D eigenvalue weighted by Gasteiger charge is 2.20. The van der Waals surface area contributed by atoms with Crippen LogP contribution in [0.3, 0.4) is 0 Å². The minimum absolute atomic E-state index is 0. The van der Waals surface area contributed by atoms with Crippen molar-refractivity contribution >= 4 is 12.4 Å². The zero-order valence-electron chi connectivity index (χ0n) is 5.48. The van der Waals surface area contributed by atoms with Gasteiger partial charge in [-0.15, -0.1) is 12.4 Å². The summed E-state index contributed by atoms with van der Waals surface area (Å²) in [5.74, 6) is 0. The molecule has 0 amide bonds. The van der Waals surface area contributed by atoms with Crippen molar-refractivity contribution in [1.82, 2.24) is 5.32 Å². The van der Waals surface area contributed by atoms with Crippen LogP contribution in [-0.2, 0) is 0 Å². The minimum atomic E-state index is 0. The van der Waals surface area contributed by atoms with Gasteiger partial charge in [0.1, 0.15) is 0 Å². The summed E-state index contributed by atoms with van der Waals surface area (Å²) in [6.07, 6.45) is 2.80. The van der Waals surface area contributed by atoms with Gasteiger partial charge < -0.3 is 5.32 Å². The monoisotopic (exact) mass is 135 g/mol. The Labute approximate surface area is 57.3 Å². The molecule has 0 aliphatic heterocycles. The van der Waals surface area contributed by atoms with E-state index in [0.29, 0.717) is 6.04 Å². The molecule has 1 nitrogen and oxygen atoms in total. The predicted molar refractivity (Wildman–Crippen MR) is 38.5 cm³/mol. The van der Waals surface area contributed by atoms with E-state index < -0.39 is 0 Å². The first-order valence-electron chi connectivity index (χ1n) is 3.05. The summed E-state index contributed by atoms with van der Waals surface area (Å²) in [7, 11) is 0. The molecule has 0 aromatic rings. The van der Waals surface area contributed by atoms with Crippen molar-refractivity contribution in [2.45, 2.75) is 38.8 Å². The van der Waals surface area contributed by atoms with Crippen molar-refractivity contribution in [2.24, 2.45) is 0 Å². The molecule has 1 rings (SSSR count). The van der Waals surface area contributed by atoms with Gasteiger partial charge in [-0.3, -0.25) is 0 Å². The molecule has 0 heterocycles. The summed E-state index contributed by atoms with van der Waals surface area (Å²) in [5, 5.41) is 3.42. The van der Waals surface area contributed by atoms with Crippen molar-refractivity contribution in [3.05, 3.63) is 0 Å². The largest absolute Gasteiger partial charge is 0.312 e. The molecule has 0 aromatic carbocycles. The van der Waals surface area contributed by atoms with Crippen LogP contribution in [0.2, 0.25) is 0 Å². The first-order chi connectivity index (χ1) is 3.29. The SMILES string of the molecule is CC(C)NC1CC1.Cl. The van der Waals surface area contributed by atoms with Crippen LogP contribution in [0, 0.1) is 0 Å². The van der Waals surface area contributed by atoms with Crippen molar-refractivity contribution in [2.75, 3.05) is 0 Å². The van der Waals surface area contributed by atoms with Gasteiger partial charge >= 0.3 is 0 Å². The van der Waals surface area contributed by atoms with Crippen LogP contribution in [0.25, 0.3) is 0 Å². The molecule has 0 spiro atoms. The fourth-order valence-corrected chi connectivity index (χ4v) is 0.721. The summed E-state index contributed by atoms with van der Waals surface area (Å²) in [4.78, 5) is 0. The Morgan fingerprint density at radius 2 is 1.88 bits per heavy atom. The molecule has 0 bridgehead atoms. The maximum Gasteiger partial charge on any atom is 0.00705 e. The van der Waals surface area contributed by atoms with Crippen molar-refractivity contribution in [1.29, 1.82) is 0 Å². The molecule has 0 atom stereocenters. The van der Waals surface area contributed by atoms with Crippen LogP contribution in [0.15, 0.2) is 0 Å². The first kappa shape index (κ1) is 8.25. The molecule has 0 saturated heterocycles. The van der Waals surface area contributed by atoms with Gasteiger partial charge in [-0.2, -0.15) is 0 Å². The van der Waals surface area contributed by atoms with Gasteiger partial charge in [0.2, 0.25) is 0 Å². The van der Waals surface area contributed by atoms with E-state index in [-0.39, 0.29) is 12.4 Å². The van der Waals surface area contributed by atoms with E-state index in [1.807, 2.05) is 0 Å². The zero-order valence-corrected chi connectivity index (χ0v) is 6.29. The van der Waals surface area contributed by atoms with Crippen LogP contribution in [0.5, 0.6) is 0 Å². The molecular weight excluding hydrogens is 122 g/mol. The molecule has 0 unspecified atom stereocenters. The van der Waals surface area contributed by atoms with Gasteiger partial charge in [-0.1, -0.05) is 13.8 Å². The fraction of sp³-hybridized carbons (Fsp3) is 1.00. The Kier molecular flexibility index (Phi) is 3.41. The predicted octanol–water partition coefficient (Wildman–Crippen LogP) is 1.57. The number of nitrogens with one attached hydrogen (secondary N) is 1. The second-order valence-electron chi connectivity index (χ2n) is 2.60. The fourth-order valence-electron chi connectivity index (χ4n) is 0.721. The first-order valence-corrected chi connectivity index (χ1v) is 3.05. The van der Waals surface area contributed by atoms with Crippen molar-refractivity contribution in [3.8, 4) is 0 Å². The summed E-state index contributed by atoms with van der Waals surface area (Å²) in [6, 6.07) is 1.56. The van der Waals surface area contributed by atoms with Crippen LogP contribution in [-0.4, -0.2) is 12.1 Å². The summed E-state index contributed by atoms with van der Waals surface area (Å²) in [6.45, 7) is 4.39. The summed E-state index contributed by atoms with van der Waals surface area (Å²) in [5.41, 5.74) is 0. The maximum atomic E-state index is 3.42. The third kappa shape index (κ3) is 3.28. The lowest BCUT2D eigenvalue weighted by atomic mass is 10.4. The van der Waals surface area contributed by atoms with E-state index >= 15 is 0 Å². The molecule has 1 aliphatic rings. The third-order valence-electron chi connectivity index (χ3n) is 1.15. The maximum absolute atomic E-state index is 3.42. The lowest BCUT2D eigenvalue weighted by Gasteiger charge is -2.03. The highest BCUT2D eigenvalue weighted by molar-refractivity contribution is 5.85. The molecule has 1 fully saturated rings. The van der Waals surface area contributed by atoms with Gasteiger partial charge in [0, 0.05) is 12.1 Å². The Morgan fingerprint density at radius 1 is 1.38 bits per heavy atom. The van der Waals surface area contributed by atoms with E-state index in [9.17, 15) is 0 Å². The van der Waals surface area contributed by atoms with Crippen LogP contribution >= 0.6 is 12.4 Å². The Bertz CT molecular complexity index is 59.5. The quantitative estimate of drug-likeness (QED) is 0.606. The van der Waals surface area contributed by atoms with Crippen LogP contribution in [0.4, 0.5) is 0 Å². The Morgan fingerprint density at radius 3 is 2.00 bits per heavy atom. The summed E-state index contributed by atoms with van der Waals surface area (Å²) >= 11 is 0. The lowest BCUT2D eigenvalue weighted by Crippen LogP contribution is -2.24. The van der Waals surface area contributed by atoms with Gasteiger partial charge in [0.25, 0.3) is 0 Å². The lowest BCUT2D eigenvalue weighted by molar-refractivity contribution is 0.585. The normalized spacial score (nSPS) is 18.4. The van der Waals surface area contributed by atoms with Gasteiger partial charge in [-0.05, 0) is 12.8 Å². The number of hydrogen-bond acceptors (Lipinski definition) is 1. The van der Waals surface area contributed by atoms with Crippen molar-refractivity contribution < 1.29 is 0 Å². The van der Waals surface area contributed by atoms with Crippen LogP contribution < -0.4 is 5.32 Å². The molecule has 2 heteroatoms. The molecule has 1 N–H and O–H groups in total. The second-order valence-corrected chi connectivity index (χ2v) is 2.60. The molecule has 8 heavy (non-hydrogen) atoms. The number of hydrogen-bond donors (Lipinski definition) is 1. The zero-order chi connectivity index (χ0) is 5.28. The molecule has 1 saturated carbocycles. The topological polar surface area (TPSA) is 12.0 Å². The smallest absolute Gasteiger partial charge is 0.00705 e. The number of rotatable bonds is 2.